The van der Waals surface area contributed by atoms with Crippen molar-refractivity contribution in [3.8, 4) is 0 Å². The summed E-state index contributed by atoms with van der Waals surface area (Å²) in [5.41, 5.74) is 0.500. The van der Waals surface area contributed by atoms with Crippen LogP contribution in [0.2, 0.25) is 5.15 Å². The van der Waals surface area contributed by atoms with Gasteiger partial charge in [0.1, 0.15) is 6.33 Å². The first-order valence-corrected chi connectivity index (χ1v) is 3.51. The first-order valence-electron chi connectivity index (χ1n) is 2.79. The Morgan fingerprint density at radius 1 is 1.45 bits per heavy atom. The minimum absolute atomic E-state index is 0.335. The fraction of sp³-hybridized carbons (Fsp3) is 0. The Bertz CT molecular complexity index is 396. The molecule has 0 unspecified atom stereocenters. The van der Waals surface area contributed by atoms with E-state index in [1.807, 2.05) is 0 Å². The molecule has 0 radical (unpaired) electrons. The van der Waals surface area contributed by atoms with Gasteiger partial charge in [0.25, 0.3) is 0 Å². The molecule has 0 aliphatic heterocycles. The van der Waals surface area contributed by atoms with E-state index in [0.717, 1.165) is 4.20 Å². The molecule has 0 saturated carbocycles. The van der Waals surface area contributed by atoms with Gasteiger partial charge >= 0.3 is 0 Å². The Morgan fingerprint density at radius 3 is 3.00 bits per heavy atom. The zero-order valence-corrected chi connectivity index (χ0v) is 6.71. The molecule has 56 valence electrons. The highest BCUT2D eigenvalue weighted by Gasteiger charge is 2.07. The number of hydrogen-bond acceptors (Lipinski definition) is 3. The van der Waals surface area contributed by atoms with E-state index < -0.39 is 0 Å². The Morgan fingerprint density at radius 2 is 2.27 bits per heavy atom. The second kappa shape index (κ2) is 2.32. The number of hydrogen-bond donors (Lipinski definition) is 0. The van der Waals surface area contributed by atoms with Crippen molar-refractivity contribution in [1.82, 2.24) is 19.3 Å². The molecular formula is C5H2Cl2N4. The van der Waals surface area contributed by atoms with E-state index in [0.29, 0.717) is 16.2 Å². The van der Waals surface area contributed by atoms with Gasteiger partial charge in [0.15, 0.2) is 10.8 Å². The van der Waals surface area contributed by atoms with E-state index >= 15 is 0 Å². The molecule has 2 aromatic heterocycles. The van der Waals surface area contributed by atoms with Crippen molar-refractivity contribution >= 4 is 34.4 Å². The zero-order valence-electron chi connectivity index (χ0n) is 5.20. The van der Waals surface area contributed by atoms with Crippen molar-refractivity contribution in [3.63, 3.8) is 0 Å². The van der Waals surface area contributed by atoms with E-state index in [9.17, 15) is 0 Å². The van der Waals surface area contributed by atoms with Gasteiger partial charge in [-0.15, -0.1) is 5.10 Å². The average molecular weight is 189 g/mol. The van der Waals surface area contributed by atoms with Gasteiger partial charge in [-0.25, -0.2) is 9.97 Å². The Kier molecular flexibility index (Phi) is 1.44. The number of fused-ring (bicyclic) bond motifs is 1. The van der Waals surface area contributed by atoms with Gasteiger partial charge in [-0.2, -0.15) is 4.20 Å². The third kappa shape index (κ3) is 0.948. The topological polar surface area (TPSA) is 43.6 Å². The van der Waals surface area contributed by atoms with E-state index in [1.165, 1.54) is 6.33 Å². The summed E-state index contributed by atoms with van der Waals surface area (Å²) in [6.45, 7) is 0. The molecule has 0 atom stereocenters. The van der Waals surface area contributed by atoms with Crippen LogP contribution in [0.1, 0.15) is 0 Å². The molecule has 0 aromatic carbocycles. The van der Waals surface area contributed by atoms with Crippen LogP contribution >= 0.6 is 23.4 Å². The lowest BCUT2D eigenvalue weighted by molar-refractivity contribution is 1.00. The molecule has 11 heavy (non-hydrogen) atoms. The molecule has 0 N–H and O–H groups in total. The van der Waals surface area contributed by atoms with Crippen LogP contribution in [0.25, 0.3) is 11.0 Å². The van der Waals surface area contributed by atoms with Crippen LogP contribution in [-0.4, -0.2) is 19.3 Å². The smallest absolute Gasteiger partial charge is 0.187 e. The summed E-state index contributed by atoms with van der Waals surface area (Å²) in [6.07, 6.45) is 2.96. The van der Waals surface area contributed by atoms with E-state index in [1.54, 1.807) is 6.20 Å². The molecule has 6 heteroatoms. The second-order valence-electron chi connectivity index (χ2n) is 1.91. The second-order valence-corrected chi connectivity index (χ2v) is 2.59. The lowest BCUT2D eigenvalue weighted by Gasteiger charge is -1.83. The first kappa shape index (κ1) is 6.82. The number of aromatic nitrogens is 4. The molecule has 0 aliphatic rings. The van der Waals surface area contributed by atoms with Crippen molar-refractivity contribution in [2.75, 3.05) is 0 Å². The van der Waals surface area contributed by atoms with Gasteiger partial charge in [0, 0.05) is 18.0 Å². The standard InChI is InChI=1S/C5H2Cl2N4/c6-4-3-1-8-2-9-5(3)10-11(4)7/h1-2H. The molecular weight excluding hydrogens is 187 g/mol. The molecule has 0 spiro atoms. The Hall–Kier alpha value is -0.870. The maximum Gasteiger partial charge on any atom is 0.187 e. The summed E-state index contributed by atoms with van der Waals surface area (Å²) in [7, 11) is 0. The molecule has 4 nitrogen and oxygen atoms in total. The third-order valence-electron chi connectivity index (χ3n) is 1.26. The lowest BCUT2D eigenvalue weighted by Crippen LogP contribution is -1.80. The monoisotopic (exact) mass is 188 g/mol. The van der Waals surface area contributed by atoms with Crippen LogP contribution in [0.3, 0.4) is 0 Å². The predicted octanol–water partition coefficient (Wildman–Crippen LogP) is 1.48. The van der Waals surface area contributed by atoms with Crippen LogP contribution in [0, 0.1) is 0 Å². The van der Waals surface area contributed by atoms with Gasteiger partial charge in [-0.3, -0.25) is 0 Å². The SMILES string of the molecule is Clc1c2cncnc2nn1Cl. The quantitative estimate of drug-likeness (QED) is 0.630. The molecule has 0 saturated heterocycles. The normalized spacial score (nSPS) is 10.7. The zero-order chi connectivity index (χ0) is 7.84. The number of rotatable bonds is 0. The highest BCUT2D eigenvalue weighted by molar-refractivity contribution is 6.37. The van der Waals surface area contributed by atoms with Crippen molar-refractivity contribution < 1.29 is 0 Å². The summed E-state index contributed by atoms with van der Waals surface area (Å²) in [5, 5.41) is 4.80. The van der Waals surface area contributed by atoms with E-state index in [4.69, 9.17) is 23.4 Å². The van der Waals surface area contributed by atoms with Gasteiger partial charge in [-0.1, -0.05) is 11.6 Å². The largest absolute Gasteiger partial charge is 0.244 e. The summed E-state index contributed by atoms with van der Waals surface area (Å²) in [6, 6.07) is 0. The number of halogens is 2. The lowest BCUT2D eigenvalue weighted by atomic mass is 10.4. The van der Waals surface area contributed by atoms with Crippen LogP contribution < -0.4 is 0 Å². The maximum absolute atomic E-state index is 5.73. The predicted molar refractivity (Wildman–Crippen MR) is 41.6 cm³/mol. The molecule has 0 bridgehead atoms. The third-order valence-corrected chi connectivity index (χ3v) is 1.95. The van der Waals surface area contributed by atoms with Crippen molar-refractivity contribution in [2.45, 2.75) is 0 Å². The fourth-order valence-electron chi connectivity index (χ4n) is 0.775. The molecule has 0 aliphatic carbocycles. The minimum atomic E-state index is 0.335. The molecule has 2 heterocycles. The first-order chi connectivity index (χ1) is 5.29. The van der Waals surface area contributed by atoms with Crippen LogP contribution in [0.4, 0.5) is 0 Å². The van der Waals surface area contributed by atoms with Gasteiger partial charge in [0.2, 0.25) is 0 Å². The summed E-state index contributed by atoms with van der Waals surface area (Å²) < 4.78 is 1.04. The van der Waals surface area contributed by atoms with Gasteiger partial charge in [0.05, 0.1) is 5.39 Å². The van der Waals surface area contributed by atoms with Crippen molar-refractivity contribution in [1.29, 1.82) is 0 Å². The molecule has 2 rings (SSSR count). The molecule has 0 fully saturated rings. The van der Waals surface area contributed by atoms with E-state index in [2.05, 4.69) is 15.1 Å². The molecule has 0 amide bonds. The van der Waals surface area contributed by atoms with Gasteiger partial charge < -0.3 is 0 Å². The van der Waals surface area contributed by atoms with E-state index in [-0.39, 0.29) is 0 Å². The van der Waals surface area contributed by atoms with Gasteiger partial charge in [-0.05, 0) is 0 Å². The Balaban J connectivity index is 2.92. The van der Waals surface area contributed by atoms with Crippen molar-refractivity contribution in [3.05, 3.63) is 17.7 Å². The number of nitrogens with zero attached hydrogens (tertiary/aromatic N) is 4. The minimum Gasteiger partial charge on any atom is -0.244 e. The average Bonchev–Trinajstić information content (AvgIpc) is 2.30. The molecule has 2 aromatic rings. The Labute approximate surface area is 71.9 Å². The van der Waals surface area contributed by atoms with Crippen LogP contribution in [0.5, 0.6) is 0 Å². The highest BCUT2D eigenvalue weighted by atomic mass is 35.5. The summed E-state index contributed by atoms with van der Waals surface area (Å²) in [5.74, 6) is 0. The highest BCUT2D eigenvalue weighted by Crippen LogP contribution is 2.20. The van der Waals surface area contributed by atoms with Crippen molar-refractivity contribution in [2.24, 2.45) is 0 Å². The van der Waals surface area contributed by atoms with Crippen LogP contribution in [0.15, 0.2) is 12.5 Å². The maximum atomic E-state index is 5.73. The summed E-state index contributed by atoms with van der Waals surface area (Å²) >= 11 is 11.3. The van der Waals surface area contributed by atoms with Crippen LogP contribution in [-0.2, 0) is 0 Å². The fourth-order valence-corrected chi connectivity index (χ4v) is 1.11. The summed E-state index contributed by atoms with van der Waals surface area (Å²) in [4.78, 5) is 7.63.